The highest BCUT2D eigenvalue weighted by atomic mass is 15.2. The third-order valence-electron chi connectivity index (χ3n) is 2.86. The fourth-order valence-corrected chi connectivity index (χ4v) is 2.08. The topological polar surface area (TPSA) is 15.3 Å². The SMILES string of the molecule is CCCCN(CCC)C1CCNC1. The zero-order valence-electron chi connectivity index (χ0n) is 9.18. The zero-order valence-corrected chi connectivity index (χ0v) is 9.18. The predicted molar refractivity (Wildman–Crippen MR) is 58.0 cm³/mol. The van der Waals surface area contributed by atoms with E-state index in [1.165, 1.54) is 51.9 Å². The van der Waals surface area contributed by atoms with Gasteiger partial charge in [-0.15, -0.1) is 0 Å². The zero-order chi connectivity index (χ0) is 9.52. The fourth-order valence-electron chi connectivity index (χ4n) is 2.08. The van der Waals surface area contributed by atoms with Crippen LogP contribution in [0.2, 0.25) is 0 Å². The number of nitrogens with one attached hydrogen (secondary N) is 1. The van der Waals surface area contributed by atoms with E-state index in [4.69, 9.17) is 0 Å². The Hall–Kier alpha value is -0.0800. The van der Waals surface area contributed by atoms with E-state index in [2.05, 4.69) is 24.1 Å². The summed E-state index contributed by atoms with van der Waals surface area (Å²) < 4.78 is 0. The molecule has 1 unspecified atom stereocenters. The molecular formula is C11H24N2. The molecule has 0 amide bonds. The Kier molecular flexibility index (Phi) is 5.40. The van der Waals surface area contributed by atoms with Crippen molar-refractivity contribution in [1.29, 1.82) is 0 Å². The lowest BCUT2D eigenvalue weighted by Crippen LogP contribution is -2.38. The molecule has 1 saturated heterocycles. The van der Waals surface area contributed by atoms with Crippen LogP contribution in [-0.4, -0.2) is 37.1 Å². The van der Waals surface area contributed by atoms with Gasteiger partial charge in [-0.05, 0) is 38.9 Å². The Bertz CT molecular complexity index is 119. The minimum Gasteiger partial charge on any atom is -0.315 e. The molecule has 1 fully saturated rings. The minimum absolute atomic E-state index is 0.825. The summed E-state index contributed by atoms with van der Waals surface area (Å²) >= 11 is 0. The average molecular weight is 184 g/mol. The Morgan fingerprint density at radius 2 is 2.08 bits per heavy atom. The summed E-state index contributed by atoms with van der Waals surface area (Å²) in [5.41, 5.74) is 0. The van der Waals surface area contributed by atoms with Crippen molar-refractivity contribution in [2.75, 3.05) is 26.2 Å². The van der Waals surface area contributed by atoms with Crippen LogP contribution in [0.1, 0.15) is 39.5 Å². The maximum absolute atomic E-state index is 3.45. The molecule has 0 saturated carbocycles. The number of hydrogen-bond acceptors (Lipinski definition) is 2. The van der Waals surface area contributed by atoms with Crippen molar-refractivity contribution in [2.24, 2.45) is 0 Å². The molecule has 78 valence electrons. The number of hydrogen-bond donors (Lipinski definition) is 1. The molecule has 0 bridgehead atoms. The van der Waals surface area contributed by atoms with E-state index < -0.39 is 0 Å². The van der Waals surface area contributed by atoms with Crippen LogP contribution in [0.25, 0.3) is 0 Å². The standard InChI is InChI=1S/C11H24N2/c1-3-5-9-13(8-4-2)11-6-7-12-10-11/h11-12H,3-10H2,1-2H3. The largest absolute Gasteiger partial charge is 0.315 e. The van der Waals surface area contributed by atoms with E-state index in [1.807, 2.05) is 0 Å². The lowest BCUT2D eigenvalue weighted by molar-refractivity contribution is 0.205. The molecule has 1 N–H and O–H groups in total. The van der Waals surface area contributed by atoms with E-state index in [0.717, 1.165) is 6.04 Å². The normalized spacial score (nSPS) is 22.8. The highest BCUT2D eigenvalue weighted by molar-refractivity contribution is 4.80. The van der Waals surface area contributed by atoms with Crippen LogP contribution < -0.4 is 5.32 Å². The molecule has 0 aromatic heterocycles. The quantitative estimate of drug-likeness (QED) is 0.678. The molecule has 1 atom stereocenters. The molecule has 0 aliphatic carbocycles. The van der Waals surface area contributed by atoms with Crippen molar-refractivity contribution in [3.05, 3.63) is 0 Å². The summed E-state index contributed by atoms with van der Waals surface area (Å²) in [5, 5.41) is 3.45. The van der Waals surface area contributed by atoms with Gasteiger partial charge in [0.05, 0.1) is 0 Å². The van der Waals surface area contributed by atoms with Crippen LogP contribution >= 0.6 is 0 Å². The molecular weight excluding hydrogens is 160 g/mol. The van der Waals surface area contributed by atoms with Crippen molar-refractivity contribution in [3.8, 4) is 0 Å². The van der Waals surface area contributed by atoms with Crippen LogP contribution in [-0.2, 0) is 0 Å². The van der Waals surface area contributed by atoms with E-state index >= 15 is 0 Å². The third kappa shape index (κ3) is 3.65. The first-order chi connectivity index (χ1) is 6.38. The first kappa shape index (κ1) is 11.0. The summed E-state index contributed by atoms with van der Waals surface area (Å²) in [6.07, 6.45) is 5.32. The smallest absolute Gasteiger partial charge is 0.0232 e. The number of rotatable bonds is 6. The van der Waals surface area contributed by atoms with Crippen LogP contribution in [0.15, 0.2) is 0 Å². The summed E-state index contributed by atoms with van der Waals surface area (Å²) in [6.45, 7) is 9.57. The maximum atomic E-state index is 3.45. The van der Waals surface area contributed by atoms with Crippen LogP contribution in [0, 0.1) is 0 Å². The number of unbranched alkanes of at least 4 members (excludes halogenated alkanes) is 1. The van der Waals surface area contributed by atoms with Crippen LogP contribution in [0.3, 0.4) is 0 Å². The monoisotopic (exact) mass is 184 g/mol. The second-order valence-electron chi connectivity index (χ2n) is 4.04. The fraction of sp³-hybridized carbons (Fsp3) is 1.00. The van der Waals surface area contributed by atoms with Crippen molar-refractivity contribution in [1.82, 2.24) is 10.2 Å². The first-order valence-electron chi connectivity index (χ1n) is 5.83. The van der Waals surface area contributed by atoms with E-state index in [0.29, 0.717) is 0 Å². The van der Waals surface area contributed by atoms with Gasteiger partial charge < -0.3 is 5.32 Å². The van der Waals surface area contributed by atoms with E-state index in [1.54, 1.807) is 0 Å². The van der Waals surface area contributed by atoms with Gasteiger partial charge in [0.25, 0.3) is 0 Å². The number of nitrogens with zero attached hydrogens (tertiary/aromatic N) is 1. The van der Waals surface area contributed by atoms with Crippen LogP contribution in [0.4, 0.5) is 0 Å². The molecule has 1 aliphatic heterocycles. The van der Waals surface area contributed by atoms with Gasteiger partial charge in [-0.1, -0.05) is 20.3 Å². The van der Waals surface area contributed by atoms with E-state index in [-0.39, 0.29) is 0 Å². The minimum atomic E-state index is 0.825. The Morgan fingerprint density at radius 3 is 2.62 bits per heavy atom. The van der Waals surface area contributed by atoms with Gasteiger partial charge in [0.1, 0.15) is 0 Å². The predicted octanol–water partition coefficient (Wildman–Crippen LogP) is 1.86. The molecule has 2 nitrogen and oxygen atoms in total. The van der Waals surface area contributed by atoms with Gasteiger partial charge >= 0.3 is 0 Å². The summed E-state index contributed by atoms with van der Waals surface area (Å²) in [6, 6.07) is 0.825. The van der Waals surface area contributed by atoms with Gasteiger partial charge in [-0.25, -0.2) is 0 Å². The molecule has 1 aliphatic rings. The molecule has 1 rings (SSSR count). The molecule has 13 heavy (non-hydrogen) atoms. The Morgan fingerprint density at radius 1 is 1.23 bits per heavy atom. The van der Waals surface area contributed by atoms with Crippen molar-refractivity contribution in [3.63, 3.8) is 0 Å². The average Bonchev–Trinajstić information content (AvgIpc) is 2.65. The molecule has 0 radical (unpaired) electrons. The molecule has 0 spiro atoms. The molecule has 0 aromatic rings. The summed E-state index contributed by atoms with van der Waals surface area (Å²) in [4.78, 5) is 2.67. The Balaban J connectivity index is 2.26. The van der Waals surface area contributed by atoms with Gasteiger partial charge in [0.2, 0.25) is 0 Å². The van der Waals surface area contributed by atoms with E-state index in [9.17, 15) is 0 Å². The van der Waals surface area contributed by atoms with Crippen molar-refractivity contribution >= 4 is 0 Å². The van der Waals surface area contributed by atoms with Crippen LogP contribution in [0.5, 0.6) is 0 Å². The van der Waals surface area contributed by atoms with Gasteiger partial charge in [-0.2, -0.15) is 0 Å². The maximum Gasteiger partial charge on any atom is 0.0232 e. The van der Waals surface area contributed by atoms with Crippen molar-refractivity contribution < 1.29 is 0 Å². The summed E-state index contributed by atoms with van der Waals surface area (Å²) in [7, 11) is 0. The second-order valence-corrected chi connectivity index (χ2v) is 4.04. The lowest BCUT2D eigenvalue weighted by atomic mass is 10.2. The first-order valence-corrected chi connectivity index (χ1v) is 5.83. The third-order valence-corrected chi connectivity index (χ3v) is 2.86. The Labute approximate surface area is 82.7 Å². The molecule has 2 heteroatoms. The van der Waals surface area contributed by atoms with Gasteiger partial charge in [-0.3, -0.25) is 4.90 Å². The molecule has 1 heterocycles. The van der Waals surface area contributed by atoms with Crippen molar-refractivity contribution in [2.45, 2.75) is 45.6 Å². The van der Waals surface area contributed by atoms with Gasteiger partial charge in [0, 0.05) is 12.6 Å². The summed E-state index contributed by atoms with van der Waals surface area (Å²) in [5.74, 6) is 0. The highest BCUT2D eigenvalue weighted by Crippen LogP contribution is 2.10. The lowest BCUT2D eigenvalue weighted by Gasteiger charge is -2.27. The van der Waals surface area contributed by atoms with Gasteiger partial charge in [0.15, 0.2) is 0 Å². The second kappa shape index (κ2) is 6.39. The molecule has 0 aromatic carbocycles. The highest BCUT2D eigenvalue weighted by Gasteiger charge is 2.20.